The van der Waals surface area contributed by atoms with E-state index in [9.17, 15) is 0 Å². The third-order valence-electron chi connectivity index (χ3n) is 3.55. The van der Waals surface area contributed by atoms with Crippen molar-refractivity contribution in [1.82, 2.24) is 19.7 Å². The molecule has 3 heterocycles. The summed E-state index contributed by atoms with van der Waals surface area (Å²) in [6, 6.07) is 4.41. The maximum absolute atomic E-state index is 4.52. The maximum Gasteiger partial charge on any atom is 0.158 e. The molecule has 0 spiro atoms. The molecule has 0 saturated heterocycles. The van der Waals surface area contributed by atoms with E-state index in [1.807, 2.05) is 35.5 Å². The lowest BCUT2D eigenvalue weighted by atomic mass is 10.1. The molecule has 0 aromatic carbocycles. The Hall–Kier alpha value is -2.43. The van der Waals surface area contributed by atoms with E-state index >= 15 is 0 Å². The molecule has 0 atom stereocenters. The van der Waals surface area contributed by atoms with Crippen LogP contribution in [0.15, 0.2) is 36.9 Å². The predicted octanol–water partition coefficient (Wildman–Crippen LogP) is 3.33. The fourth-order valence-electron chi connectivity index (χ4n) is 2.29. The molecule has 5 nitrogen and oxygen atoms in total. The summed E-state index contributed by atoms with van der Waals surface area (Å²) in [6.45, 7) is 7.04. The molecule has 3 aromatic rings. The van der Waals surface area contributed by atoms with Gasteiger partial charge in [0.05, 0.1) is 18.1 Å². The predicted molar refractivity (Wildman–Crippen MR) is 84.2 cm³/mol. The Kier molecular flexibility index (Phi) is 3.56. The van der Waals surface area contributed by atoms with Crippen molar-refractivity contribution < 1.29 is 0 Å². The average molecular weight is 281 g/mol. The van der Waals surface area contributed by atoms with Gasteiger partial charge in [-0.05, 0) is 44.0 Å². The molecule has 0 saturated carbocycles. The first-order chi connectivity index (χ1) is 10.1. The third kappa shape index (κ3) is 2.72. The Morgan fingerprint density at radius 2 is 2.10 bits per heavy atom. The standard InChI is InChI=1S/C16H19N5/c1-11(2)21-16-13(9-20-21)6-15(10-19-16)18-8-14-7-17-5-4-12(14)3/h4-7,9-11,18H,8H2,1-3H3. The summed E-state index contributed by atoms with van der Waals surface area (Å²) in [4.78, 5) is 8.68. The van der Waals surface area contributed by atoms with Gasteiger partial charge in [-0.3, -0.25) is 4.98 Å². The summed E-state index contributed by atoms with van der Waals surface area (Å²) in [5, 5.41) is 8.83. The van der Waals surface area contributed by atoms with Gasteiger partial charge in [0.15, 0.2) is 5.65 Å². The molecule has 3 aromatic heterocycles. The Balaban J connectivity index is 1.81. The minimum Gasteiger partial charge on any atom is -0.380 e. The minimum atomic E-state index is 0.312. The quantitative estimate of drug-likeness (QED) is 0.797. The van der Waals surface area contributed by atoms with E-state index in [1.165, 1.54) is 11.1 Å². The van der Waals surface area contributed by atoms with Crippen molar-refractivity contribution >= 4 is 16.7 Å². The second kappa shape index (κ2) is 5.52. The monoisotopic (exact) mass is 281 g/mol. The van der Waals surface area contributed by atoms with Crippen molar-refractivity contribution in [3.63, 3.8) is 0 Å². The zero-order chi connectivity index (χ0) is 14.8. The Morgan fingerprint density at radius 3 is 2.86 bits per heavy atom. The van der Waals surface area contributed by atoms with E-state index < -0.39 is 0 Å². The van der Waals surface area contributed by atoms with E-state index in [1.54, 1.807) is 0 Å². The van der Waals surface area contributed by atoms with Crippen molar-refractivity contribution in [2.24, 2.45) is 0 Å². The summed E-state index contributed by atoms with van der Waals surface area (Å²) in [5.41, 5.74) is 4.34. The molecule has 21 heavy (non-hydrogen) atoms. The average Bonchev–Trinajstić information content (AvgIpc) is 2.89. The highest BCUT2D eigenvalue weighted by Crippen LogP contribution is 2.19. The van der Waals surface area contributed by atoms with Crippen LogP contribution in [0, 0.1) is 6.92 Å². The van der Waals surface area contributed by atoms with Crippen molar-refractivity contribution in [3.8, 4) is 0 Å². The minimum absolute atomic E-state index is 0.312. The number of pyridine rings is 2. The van der Waals surface area contributed by atoms with Crippen LogP contribution < -0.4 is 5.32 Å². The van der Waals surface area contributed by atoms with Gasteiger partial charge in [0, 0.05) is 30.4 Å². The van der Waals surface area contributed by atoms with Crippen LogP contribution in [-0.4, -0.2) is 19.7 Å². The second-order valence-electron chi connectivity index (χ2n) is 5.48. The van der Waals surface area contributed by atoms with Gasteiger partial charge in [0.2, 0.25) is 0 Å². The SMILES string of the molecule is Cc1ccncc1CNc1cnc2c(cnn2C(C)C)c1. The molecule has 0 fully saturated rings. The van der Waals surface area contributed by atoms with Gasteiger partial charge in [-0.1, -0.05) is 0 Å². The summed E-state index contributed by atoms with van der Waals surface area (Å²) in [7, 11) is 0. The van der Waals surface area contributed by atoms with Crippen LogP contribution in [0.4, 0.5) is 5.69 Å². The van der Waals surface area contributed by atoms with Crippen molar-refractivity contribution in [3.05, 3.63) is 48.0 Å². The third-order valence-corrected chi connectivity index (χ3v) is 3.55. The van der Waals surface area contributed by atoms with Crippen molar-refractivity contribution in [2.75, 3.05) is 5.32 Å². The number of hydrogen-bond acceptors (Lipinski definition) is 4. The highest BCUT2D eigenvalue weighted by atomic mass is 15.3. The first-order valence-electron chi connectivity index (χ1n) is 7.12. The zero-order valence-corrected chi connectivity index (χ0v) is 12.5. The topological polar surface area (TPSA) is 55.6 Å². The Morgan fingerprint density at radius 1 is 1.24 bits per heavy atom. The lowest BCUT2D eigenvalue weighted by Crippen LogP contribution is -2.04. The number of rotatable bonds is 4. The van der Waals surface area contributed by atoms with E-state index in [2.05, 4.69) is 47.2 Å². The molecular weight excluding hydrogens is 262 g/mol. The van der Waals surface area contributed by atoms with Gasteiger partial charge in [0.1, 0.15) is 0 Å². The second-order valence-corrected chi connectivity index (χ2v) is 5.48. The van der Waals surface area contributed by atoms with E-state index in [4.69, 9.17) is 0 Å². The molecule has 1 N–H and O–H groups in total. The van der Waals surface area contributed by atoms with E-state index in [-0.39, 0.29) is 0 Å². The molecule has 0 amide bonds. The molecule has 3 rings (SSSR count). The van der Waals surface area contributed by atoms with Gasteiger partial charge in [-0.15, -0.1) is 0 Å². The molecule has 5 heteroatoms. The number of hydrogen-bond donors (Lipinski definition) is 1. The first kappa shape index (κ1) is 13.5. The molecule has 0 aliphatic heterocycles. The largest absolute Gasteiger partial charge is 0.380 e. The molecular formula is C16H19N5. The smallest absolute Gasteiger partial charge is 0.158 e. The van der Waals surface area contributed by atoms with E-state index in [0.29, 0.717) is 6.04 Å². The highest BCUT2D eigenvalue weighted by molar-refractivity contribution is 5.78. The van der Waals surface area contributed by atoms with Gasteiger partial charge in [0.25, 0.3) is 0 Å². The van der Waals surface area contributed by atoms with Crippen molar-refractivity contribution in [1.29, 1.82) is 0 Å². The van der Waals surface area contributed by atoms with Crippen LogP contribution >= 0.6 is 0 Å². The van der Waals surface area contributed by atoms with Crippen LogP contribution in [0.25, 0.3) is 11.0 Å². The molecule has 108 valence electrons. The molecule has 0 unspecified atom stereocenters. The molecule has 0 aliphatic carbocycles. The Labute approximate surface area is 124 Å². The summed E-state index contributed by atoms with van der Waals surface area (Å²) >= 11 is 0. The number of fused-ring (bicyclic) bond motifs is 1. The number of nitrogens with one attached hydrogen (secondary N) is 1. The number of anilines is 1. The summed E-state index contributed by atoms with van der Waals surface area (Å²) in [5.74, 6) is 0. The van der Waals surface area contributed by atoms with Crippen LogP contribution in [0.3, 0.4) is 0 Å². The Bertz CT molecular complexity index is 760. The maximum atomic E-state index is 4.52. The normalized spacial score (nSPS) is 11.2. The number of aryl methyl sites for hydroxylation is 1. The van der Waals surface area contributed by atoms with Gasteiger partial charge in [-0.25, -0.2) is 9.67 Å². The lowest BCUT2D eigenvalue weighted by Gasteiger charge is -2.09. The van der Waals surface area contributed by atoms with Crippen LogP contribution in [-0.2, 0) is 6.54 Å². The van der Waals surface area contributed by atoms with Crippen LogP contribution in [0.5, 0.6) is 0 Å². The van der Waals surface area contributed by atoms with E-state index in [0.717, 1.165) is 23.3 Å². The fourth-order valence-corrected chi connectivity index (χ4v) is 2.29. The van der Waals surface area contributed by atoms with Crippen molar-refractivity contribution in [2.45, 2.75) is 33.4 Å². The summed E-state index contributed by atoms with van der Waals surface area (Å²) < 4.78 is 1.93. The first-order valence-corrected chi connectivity index (χ1v) is 7.12. The lowest BCUT2D eigenvalue weighted by molar-refractivity contribution is 0.546. The number of aromatic nitrogens is 4. The van der Waals surface area contributed by atoms with Crippen LogP contribution in [0.2, 0.25) is 0 Å². The fraction of sp³-hybridized carbons (Fsp3) is 0.312. The van der Waals surface area contributed by atoms with Gasteiger partial charge >= 0.3 is 0 Å². The van der Waals surface area contributed by atoms with Gasteiger partial charge in [-0.2, -0.15) is 5.10 Å². The molecule has 0 aliphatic rings. The zero-order valence-electron chi connectivity index (χ0n) is 12.5. The van der Waals surface area contributed by atoms with Crippen LogP contribution in [0.1, 0.15) is 31.0 Å². The molecule has 0 bridgehead atoms. The summed E-state index contributed by atoms with van der Waals surface area (Å²) in [6.07, 6.45) is 7.43. The highest BCUT2D eigenvalue weighted by Gasteiger charge is 2.07. The van der Waals surface area contributed by atoms with Gasteiger partial charge < -0.3 is 5.32 Å². The molecule has 0 radical (unpaired) electrons. The number of nitrogens with zero attached hydrogens (tertiary/aromatic N) is 4.